The van der Waals surface area contributed by atoms with Crippen LogP contribution in [0.5, 0.6) is 5.75 Å². The van der Waals surface area contributed by atoms with E-state index >= 15 is 0 Å². The van der Waals surface area contributed by atoms with Gasteiger partial charge >= 0.3 is 5.97 Å². The molecule has 0 radical (unpaired) electrons. The van der Waals surface area contributed by atoms with E-state index in [1.165, 1.54) is 24.3 Å². The Morgan fingerprint density at radius 2 is 1.92 bits per heavy atom. The van der Waals surface area contributed by atoms with Gasteiger partial charge in [0.1, 0.15) is 11.4 Å². The van der Waals surface area contributed by atoms with Crippen LogP contribution in [0.25, 0.3) is 10.6 Å². The first-order chi connectivity index (χ1) is 12.3. The van der Waals surface area contributed by atoms with Crippen LogP contribution in [0.1, 0.15) is 20.8 Å². The third kappa shape index (κ3) is 3.74. The third-order valence-electron chi connectivity index (χ3n) is 3.15. The van der Waals surface area contributed by atoms with Gasteiger partial charge in [-0.1, -0.05) is 34.5 Å². The standard InChI is InChI=1S/C15H8Cl2N4O4S/c16-7-3-8(11(22)9(17)4-7)13-20-21-15(26-13)19-12(23)10-2-1-6(5-18-10)14(24)25/h1-5,22H,(H,24,25)(H,19,21,23). The van der Waals surface area contributed by atoms with Crippen molar-refractivity contribution in [3.05, 3.63) is 51.8 Å². The molecular weight excluding hydrogens is 403 g/mol. The lowest BCUT2D eigenvalue weighted by molar-refractivity contribution is 0.0695. The van der Waals surface area contributed by atoms with Crippen molar-refractivity contribution in [2.24, 2.45) is 0 Å². The number of halogens is 2. The summed E-state index contributed by atoms with van der Waals surface area (Å²) in [5, 5.41) is 29.9. The van der Waals surface area contributed by atoms with Crippen molar-refractivity contribution in [3.8, 4) is 16.3 Å². The van der Waals surface area contributed by atoms with Crippen LogP contribution in [0.15, 0.2) is 30.5 Å². The number of benzene rings is 1. The Labute approximate surface area is 160 Å². The molecule has 0 bridgehead atoms. The molecule has 26 heavy (non-hydrogen) atoms. The van der Waals surface area contributed by atoms with Crippen molar-refractivity contribution in [3.63, 3.8) is 0 Å². The second-order valence-electron chi connectivity index (χ2n) is 4.89. The van der Waals surface area contributed by atoms with E-state index in [0.29, 0.717) is 10.0 Å². The first kappa shape index (κ1) is 18.1. The van der Waals surface area contributed by atoms with E-state index < -0.39 is 11.9 Å². The van der Waals surface area contributed by atoms with Gasteiger partial charge in [0.15, 0.2) is 5.01 Å². The fourth-order valence-electron chi connectivity index (χ4n) is 1.93. The number of aromatic hydroxyl groups is 1. The molecule has 0 aliphatic carbocycles. The lowest BCUT2D eigenvalue weighted by Crippen LogP contribution is -2.14. The minimum absolute atomic E-state index is 0.0143. The van der Waals surface area contributed by atoms with Gasteiger partial charge in [0.2, 0.25) is 5.13 Å². The fourth-order valence-corrected chi connectivity index (χ4v) is 3.18. The number of anilines is 1. The van der Waals surface area contributed by atoms with Gasteiger partial charge < -0.3 is 10.2 Å². The number of rotatable bonds is 4. The van der Waals surface area contributed by atoms with E-state index in [1.807, 2.05) is 0 Å². The third-order valence-corrected chi connectivity index (χ3v) is 4.53. The normalized spacial score (nSPS) is 10.5. The quantitative estimate of drug-likeness (QED) is 0.599. The number of aromatic nitrogens is 3. The molecule has 3 aromatic rings. The number of aromatic carboxylic acids is 1. The van der Waals surface area contributed by atoms with E-state index in [-0.39, 0.29) is 32.7 Å². The van der Waals surface area contributed by atoms with Gasteiger partial charge in [-0.05, 0) is 24.3 Å². The van der Waals surface area contributed by atoms with Crippen molar-refractivity contribution in [1.82, 2.24) is 15.2 Å². The number of carbonyl (C=O) groups excluding carboxylic acids is 1. The summed E-state index contributed by atoms with van der Waals surface area (Å²) in [5.41, 5.74) is 0.262. The van der Waals surface area contributed by atoms with Crippen LogP contribution < -0.4 is 5.32 Å². The lowest BCUT2D eigenvalue weighted by Gasteiger charge is -2.03. The van der Waals surface area contributed by atoms with Crippen LogP contribution in [0.4, 0.5) is 5.13 Å². The van der Waals surface area contributed by atoms with Crippen molar-refractivity contribution < 1.29 is 19.8 Å². The van der Waals surface area contributed by atoms with Crippen molar-refractivity contribution in [2.45, 2.75) is 0 Å². The molecule has 0 unspecified atom stereocenters. The predicted octanol–water partition coefficient (Wildman–Crippen LogP) is 3.56. The number of carboxylic acids is 1. The molecule has 1 aromatic carbocycles. The average Bonchev–Trinajstić information content (AvgIpc) is 3.06. The SMILES string of the molecule is O=C(O)c1ccc(C(=O)Nc2nnc(-c3cc(Cl)cc(Cl)c3O)s2)nc1. The molecule has 11 heteroatoms. The maximum atomic E-state index is 12.1. The first-order valence-corrected chi connectivity index (χ1v) is 8.45. The minimum Gasteiger partial charge on any atom is -0.506 e. The van der Waals surface area contributed by atoms with Crippen LogP contribution in [0.2, 0.25) is 10.0 Å². The summed E-state index contributed by atoms with van der Waals surface area (Å²) >= 11 is 12.8. The van der Waals surface area contributed by atoms with Gasteiger partial charge in [-0.2, -0.15) is 0 Å². The fraction of sp³-hybridized carbons (Fsp3) is 0. The number of hydrogen-bond acceptors (Lipinski definition) is 7. The Morgan fingerprint density at radius 3 is 2.58 bits per heavy atom. The molecule has 0 aliphatic heterocycles. The highest BCUT2D eigenvalue weighted by Gasteiger charge is 2.17. The van der Waals surface area contributed by atoms with Crippen LogP contribution in [-0.2, 0) is 0 Å². The Kier molecular flexibility index (Phi) is 5.03. The molecular formula is C15H8Cl2N4O4S. The number of phenolic OH excluding ortho intramolecular Hbond substituents is 1. The summed E-state index contributed by atoms with van der Waals surface area (Å²) in [6.07, 6.45) is 1.08. The van der Waals surface area contributed by atoms with E-state index in [9.17, 15) is 14.7 Å². The second-order valence-corrected chi connectivity index (χ2v) is 6.71. The Hall–Kier alpha value is -2.75. The lowest BCUT2D eigenvalue weighted by atomic mass is 10.2. The number of pyridine rings is 1. The molecule has 0 saturated carbocycles. The van der Waals surface area contributed by atoms with Gasteiger partial charge in [-0.25, -0.2) is 4.79 Å². The van der Waals surface area contributed by atoms with Gasteiger partial charge in [-0.3, -0.25) is 15.1 Å². The van der Waals surface area contributed by atoms with Crippen LogP contribution in [0, 0.1) is 0 Å². The smallest absolute Gasteiger partial charge is 0.337 e. The summed E-state index contributed by atoms with van der Waals surface area (Å²) in [7, 11) is 0. The van der Waals surface area contributed by atoms with E-state index in [2.05, 4.69) is 20.5 Å². The van der Waals surface area contributed by atoms with Crippen molar-refractivity contribution in [1.29, 1.82) is 0 Å². The number of hydrogen-bond donors (Lipinski definition) is 3. The van der Waals surface area contributed by atoms with E-state index in [1.54, 1.807) is 0 Å². The summed E-state index contributed by atoms with van der Waals surface area (Å²) in [4.78, 5) is 26.7. The average molecular weight is 411 g/mol. The van der Waals surface area contributed by atoms with Crippen molar-refractivity contribution in [2.75, 3.05) is 5.32 Å². The zero-order chi connectivity index (χ0) is 18.8. The number of carboxylic acid groups (broad SMARTS) is 1. The van der Waals surface area contributed by atoms with Crippen LogP contribution >= 0.6 is 34.5 Å². The van der Waals surface area contributed by atoms with E-state index in [4.69, 9.17) is 28.3 Å². The molecule has 0 fully saturated rings. The highest BCUT2D eigenvalue weighted by Crippen LogP contribution is 2.39. The summed E-state index contributed by atoms with van der Waals surface area (Å²) in [6.45, 7) is 0. The number of amides is 1. The number of phenols is 1. The highest BCUT2D eigenvalue weighted by atomic mass is 35.5. The molecule has 0 atom stereocenters. The van der Waals surface area contributed by atoms with Crippen molar-refractivity contribution >= 4 is 51.5 Å². The minimum atomic E-state index is -1.14. The highest BCUT2D eigenvalue weighted by molar-refractivity contribution is 7.18. The molecule has 132 valence electrons. The van der Waals surface area contributed by atoms with Crippen LogP contribution in [0.3, 0.4) is 0 Å². The Bertz CT molecular complexity index is 1010. The molecule has 3 rings (SSSR count). The molecule has 8 nitrogen and oxygen atoms in total. The summed E-state index contributed by atoms with van der Waals surface area (Å²) < 4.78 is 0. The Morgan fingerprint density at radius 1 is 1.15 bits per heavy atom. The van der Waals surface area contributed by atoms with Gasteiger partial charge in [0.05, 0.1) is 16.1 Å². The zero-order valence-electron chi connectivity index (χ0n) is 12.6. The molecule has 3 N–H and O–H groups in total. The monoisotopic (exact) mass is 410 g/mol. The van der Waals surface area contributed by atoms with Crippen LogP contribution in [-0.4, -0.2) is 37.3 Å². The molecule has 2 aromatic heterocycles. The van der Waals surface area contributed by atoms with Gasteiger partial charge in [-0.15, -0.1) is 10.2 Å². The first-order valence-electron chi connectivity index (χ1n) is 6.87. The molecule has 2 heterocycles. The zero-order valence-corrected chi connectivity index (χ0v) is 14.9. The largest absolute Gasteiger partial charge is 0.506 e. The molecule has 0 aliphatic rings. The number of nitrogens with zero attached hydrogens (tertiary/aromatic N) is 3. The molecule has 0 spiro atoms. The summed E-state index contributed by atoms with van der Waals surface area (Å²) in [6, 6.07) is 5.41. The van der Waals surface area contributed by atoms with E-state index in [0.717, 1.165) is 17.5 Å². The number of carbonyl (C=O) groups is 2. The number of nitrogens with one attached hydrogen (secondary N) is 1. The Balaban J connectivity index is 1.80. The van der Waals surface area contributed by atoms with Gasteiger partial charge in [0.25, 0.3) is 5.91 Å². The second kappa shape index (κ2) is 7.24. The summed E-state index contributed by atoms with van der Waals surface area (Å²) in [5.74, 6) is -1.92. The topological polar surface area (TPSA) is 125 Å². The maximum absolute atomic E-state index is 12.1. The van der Waals surface area contributed by atoms with Gasteiger partial charge in [0, 0.05) is 11.2 Å². The maximum Gasteiger partial charge on any atom is 0.337 e. The molecule has 0 saturated heterocycles. The predicted molar refractivity (Wildman–Crippen MR) is 96.2 cm³/mol. The molecule has 1 amide bonds.